The van der Waals surface area contributed by atoms with Gasteiger partial charge in [0.15, 0.2) is 5.69 Å². The van der Waals surface area contributed by atoms with Gasteiger partial charge in [-0.3, -0.25) is 0 Å². The van der Waals surface area contributed by atoms with Crippen LogP contribution in [0.1, 0.15) is 35.0 Å². The Labute approximate surface area is 87.7 Å². The van der Waals surface area contributed by atoms with Gasteiger partial charge in [-0.2, -0.15) is 0 Å². The van der Waals surface area contributed by atoms with Crippen molar-refractivity contribution in [2.75, 3.05) is 20.1 Å². The third-order valence-corrected chi connectivity index (χ3v) is 2.87. The quantitative estimate of drug-likeness (QED) is 0.794. The number of aromatic carboxylic acids is 1. The fourth-order valence-electron chi connectivity index (χ4n) is 1.88. The van der Waals surface area contributed by atoms with Gasteiger partial charge in [0.05, 0.1) is 0 Å². The second-order valence-electron chi connectivity index (χ2n) is 4.00. The summed E-state index contributed by atoms with van der Waals surface area (Å²) in [5.74, 6) is 0.000211. The molecule has 1 aromatic rings. The molecule has 0 amide bonds. The minimum absolute atomic E-state index is 0.00364. The van der Waals surface area contributed by atoms with E-state index in [1.54, 1.807) is 6.07 Å². The molecule has 1 aliphatic heterocycles. The molecule has 5 heteroatoms. The summed E-state index contributed by atoms with van der Waals surface area (Å²) in [5.41, 5.74) is 0.00364. The van der Waals surface area contributed by atoms with Crippen molar-refractivity contribution in [1.29, 1.82) is 0 Å². The number of rotatable bonds is 2. The second kappa shape index (κ2) is 4.02. The number of nitrogens with zero attached hydrogens (tertiary/aromatic N) is 2. The molecule has 0 aliphatic carbocycles. The zero-order valence-corrected chi connectivity index (χ0v) is 8.64. The van der Waals surface area contributed by atoms with Gasteiger partial charge in [0.1, 0.15) is 5.76 Å². The van der Waals surface area contributed by atoms with Crippen molar-refractivity contribution in [2.24, 2.45) is 0 Å². The van der Waals surface area contributed by atoms with Gasteiger partial charge in [0, 0.05) is 12.0 Å². The van der Waals surface area contributed by atoms with Gasteiger partial charge in [-0.05, 0) is 33.0 Å². The first kappa shape index (κ1) is 10.2. The summed E-state index contributed by atoms with van der Waals surface area (Å²) >= 11 is 0. The van der Waals surface area contributed by atoms with Gasteiger partial charge in [0.25, 0.3) is 0 Å². The molecule has 0 bridgehead atoms. The normalized spacial score (nSPS) is 19.3. The van der Waals surface area contributed by atoms with E-state index in [-0.39, 0.29) is 5.69 Å². The fourth-order valence-corrected chi connectivity index (χ4v) is 1.88. The molecule has 82 valence electrons. The minimum Gasteiger partial charge on any atom is -0.476 e. The van der Waals surface area contributed by atoms with Gasteiger partial charge in [0.2, 0.25) is 0 Å². The molecular formula is C10H14N2O3. The molecule has 1 N–H and O–H groups in total. The maximum absolute atomic E-state index is 10.6. The topological polar surface area (TPSA) is 66.6 Å². The number of aromatic nitrogens is 1. The maximum Gasteiger partial charge on any atom is 0.358 e. The molecule has 5 nitrogen and oxygen atoms in total. The van der Waals surface area contributed by atoms with Crippen LogP contribution in [-0.2, 0) is 0 Å². The number of hydrogen-bond acceptors (Lipinski definition) is 4. The number of carbonyl (C=O) groups is 1. The summed E-state index contributed by atoms with van der Waals surface area (Å²) in [6.45, 7) is 2.04. The van der Waals surface area contributed by atoms with Crippen LogP contribution in [0.5, 0.6) is 0 Å². The Kier molecular flexibility index (Phi) is 2.73. The van der Waals surface area contributed by atoms with Crippen LogP contribution in [0.15, 0.2) is 10.6 Å². The molecule has 0 atom stereocenters. The van der Waals surface area contributed by atoms with Crippen molar-refractivity contribution in [3.05, 3.63) is 17.5 Å². The standard InChI is InChI=1S/C10H14N2O3/c1-12-4-2-7(3-5-12)9-6-8(10(13)14)11-15-9/h6-7H,2-5H2,1H3,(H,13,14). The van der Waals surface area contributed by atoms with Gasteiger partial charge >= 0.3 is 5.97 Å². The van der Waals surface area contributed by atoms with Crippen LogP contribution in [0.4, 0.5) is 0 Å². The smallest absolute Gasteiger partial charge is 0.358 e. The summed E-state index contributed by atoms with van der Waals surface area (Å²) in [6.07, 6.45) is 2.01. The lowest BCUT2D eigenvalue weighted by Crippen LogP contribution is -2.29. The van der Waals surface area contributed by atoms with E-state index in [1.807, 2.05) is 0 Å². The first-order valence-electron chi connectivity index (χ1n) is 5.05. The van der Waals surface area contributed by atoms with Crippen LogP contribution in [-0.4, -0.2) is 41.3 Å². The third-order valence-electron chi connectivity index (χ3n) is 2.87. The summed E-state index contributed by atoms with van der Waals surface area (Å²) in [6, 6.07) is 1.54. The summed E-state index contributed by atoms with van der Waals surface area (Å²) in [7, 11) is 2.08. The molecule has 15 heavy (non-hydrogen) atoms. The monoisotopic (exact) mass is 210 g/mol. The van der Waals surface area contributed by atoms with Crippen LogP contribution < -0.4 is 0 Å². The number of carboxylic acids is 1. The molecule has 2 heterocycles. The highest BCUT2D eigenvalue weighted by atomic mass is 16.5. The molecule has 0 saturated carbocycles. The van der Waals surface area contributed by atoms with Crippen molar-refractivity contribution in [2.45, 2.75) is 18.8 Å². The van der Waals surface area contributed by atoms with Crippen LogP contribution in [0, 0.1) is 0 Å². The number of carboxylic acid groups (broad SMARTS) is 1. The van der Waals surface area contributed by atoms with Gasteiger partial charge in [-0.25, -0.2) is 4.79 Å². The summed E-state index contributed by atoms with van der Waals surface area (Å²) in [4.78, 5) is 12.9. The maximum atomic E-state index is 10.6. The zero-order valence-electron chi connectivity index (χ0n) is 8.64. The van der Waals surface area contributed by atoms with Gasteiger partial charge in [-0.15, -0.1) is 0 Å². The van der Waals surface area contributed by atoms with E-state index in [9.17, 15) is 4.79 Å². The van der Waals surface area contributed by atoms with E-state index < -0.39 is 5.97 Å². The fraction of sp³-hybridized carbons (Fsp3) is 0.600. The summed E-state index contributed by atoms with van der Waals surface area (Å²) in [5, 5.41) is 12.2. The molecule has 1 aliphatic rings. The molecule has 1 saturated heterocycles. The highest BCUT2D eigenvalue weighted by molar-refractivity contribution is 5.85. The Morgan fingerprint density at radius 3 is 2.80 bits per heavy atom. The minimum atomic E-state index is -1.03. The highest BCUT2D eigenvalue weighted by Crippen LogP contribution is 2.27. The molecule has 0 radical (unpaired) electrons. The predicted molar refractivity (Wildman–Crippen MR) is 52.9 cm³/mol. The molecule has 1 fully saturated rings. The van der Waals surface area contributed by atoms with Crippen molar-refractivity contribution in [1.82, 2.24) is 10.1 Å². The number of likely N-dealkylation sites (tertiary alicyclic amines) is 1. The van der Waals surface area contributed by atoms with Crippen molar-refractivity contribution in [3.8, 4) is 0 Å². The van der Waals surface area contributed by atoms with Gasteiger partial charge < -0.3 is 14.5 Å². The van der Waals surface area contributed by atoms with E-state index in [4.69, 9.17) is 9.63 Å². The van der Waals surface area contributed by atoms with Crippen LogP contribution >= 0.6 is 0 Å². The Hall–Kier alpha value is -1.36. The van der Waals surface area contributed by atoms with Gasteiger partial charge in [-0.1, -0.05) is 5.16 Å². The van der Waals surface area contributed by atoms with Crippen molar-refractivity contribution >= 4 is 5.97 Å². The average Bonchev–Trinajstić information content (AvgIpc) is 2.68. The van der Waals surface area contributed by atoms with E-state index in [0.717, 1.165) is 25.9 Å². The molecular weight excluding hydrogens is 196 g/mol. The largest absolute Gasteiger partial charge is 0.476 e. The zero-order chi connectivity index (χ0) is 10.8. The lowest BCUT2D eigenvalue weighted by Gasteiger charge is -2.27. The number of piperidine rings is 1. The van der Waals surface area contributed by atoms with Crippen LogP contribution in [0.2, 0.25) is 0 Å². The van der Waals surface area contributed by atoms with E-state index >= 15 is 0 Å². The van der Waals surface area contributed by atoms with Crippen molar-refractivity contribution in [3.63, 3.8) is 0 Å². The predicted octanol–water partition coefficient (Wildman–Crippen LogP) is 1.18. The third kappa shape index (κ3) is 2.18. The lowest BCUT2D eigenvalue weighted by molar-refractivity contribution is 0.0685. The highest BCUT2D eigenvalue weighted by Gasteiger charge is 2.23. The Morgan fingerprint density at radius 1 is 1.60 bits per heavy atom. The van der Waals surface area contributed by atoms with Crippen LogP contribution in [0.3, 0.4) is 0 Å². The molecule has 2 rings (SSSR count). The first-order valence-corrected chi connectivity index (χ1v) is 5.05. The lowest BCUT2D eigenvalue weighted by atomic mass is 9.94. The van der Waals surface area contributed by atoms with Crippen LogP contribution in [0.25, 0.3) is 0 Å². The second-order valence-corrected chi connectivity index (χ2v) is 4.00. The molecule has 0 spiro atoms. The SMILES string of the molecule is CN1CCC(c2cc(C(=O)O)no2)CC1. The summed E-state index contributed by atoms with van der Waals surface area (Å²) < 4.78 is 5.05. The first-order chi connectivity index (χ1) is 7.16. The molecule has 0 aromatic carbocycles. The molecule has 1 aromatic heterocycles. The van der Waals surface area contributed by atoms with Crippen molar-refractivity contribution < 1.29 is 14.4 Å². The van der Waals surface area contributed by atoms with E-state index in [1.165, 1.54) is 0 Å². The average molecular weight is 210 g/mol. The Bertz CT molecular complexity index is 353. The van der Waals surface area contributed by atoms with E-state index in [0.29, 0.717) is 11.7 Å². The molecule has 0 unspecified atom stereocenters. The Balaban J connectivity index is 2.06. The Morgan fingerprint density at radius 2 is 2.27 bits per heavy atom. The van der Waals surface area contributed by atoms with E-state index in [2.05, 4.69) is 17.1 Å². The number of hydrogen-bond donors (Lipinski definition) is 1.